The van der Waals surface area contributed by atoms with E-state index in [1.54, 1.807) is 7.11 Å². The largest absolute Gasteiger partial charge is 0.375 e. The molecule has 0 aromatic carbocycles. The first-order valence-electron chi connectivity index (χ1n) is 5.97. The van der Waals surface area contributed by atoms with Gasteiger partial charge in [-0.15, -0.1) is 0 Å². The molecule has 0 aliphatic carbocycles. The summed E-state index contributed by atoms with van der Waals surface area (Å²) in [4.78, 5) is 15.8. The smallest absolute Gasteiger partial charge is 0.248 e. The highest BCUT2D eigenvalue weighted by molar-refractivity contribution is 5.77. The van der Waals surface area contributed by atoms with Crippen molar-refractivity contribution in [3.63, 3.8) is 0 Å². The molecule has 0 unspecified atom stereocenters. The van der Waals surface area contributed by atoms with E-state index in [-0.39, 0.29) is 12.5 Å². The van der Waals surface area contributed by atoms with E-state index >= 15 is 0 Å². The highest BCUT2D eigenvalue weighted by Crippen LogP contribution is 2.03. The monoisotopic (exact) mass is 229 g/mol. The van der Waals surface area contributed by atoms with Gasteiger partial charge in [-0.05, 0) is 25.9 Å². The van der Waals surface area contributed by atoms with Gasteiger partial charge in [-0.1, -0.05) is 0 Å². The number of ether oxygens (including phenoxy) is 1. The van der Waals surface area contributed by atoms with Crippen molar-refractivity contribution in [2.45, 2.75) is 12.8 Å². The Morgan fingerprint density at radius 2 is 1.94 bits per heavy atom. The standard InChI is InChI=1S/C11H23N3O2/c1-16-10-11(15)14-8-6-13(7-9-14)5-3-2-4-12/h2-10,12H2,1H3. The number of nitrogens with zero attached hydrogens (tertiary/aromatic N) is 2. The molecule has 1 saturated heterocycles. The van der Waals surface area contributed by atoms with Crippen LogP contribution in [0.25, 0.3) is 0 Å². The Morgan fingerprint density at radius 3 is 2.50 bits per heavy atom. The van der Waals surface area contributed by atoms with Crippen molar-refractivity contribution in [3.8, 4) is 0 Å². The maximum atomic E-state index is 11.5. The van der Waals surface area contributed by atoms with Gasteiger partial charge in [0.05, 0.1) is 0 Å². The van der Waals surface area contributed by atoms with Crippen LogP contribution < -0.4 is 5.73 Å². The van der Waals surface area contributed by atoms with Crippen LogP contribution in [-0.4, -0.2) is 68.7 Å². The molecule has 0 aromatic rings. The quantitative estimate of drug-likeness (QED) is 0.625. The summed E-state index contributed by atoms with van der Waals surface area (Å²) in [5.74, 6) is 0.101. The van der Waals surface area contributed by atoms with Gasteiger partial charge in [0.2, 0.25) is 5.91 Å². The molecule has 1 aliphatic rings. The summed E-state index contributed by atoms with van der Waals surface area (Å²) >= 11 is 0. The molecule has 0 radical (unpaired) electrons. The third kappa shape index (κ3) is 4.47. The van der Waals surface area contributed by atoms with Crippen molar-refractivity contribution >= 4 is 5.91 Å². The van der Waals surface area contributed by atoms with Gasteiger partial charge in [-0.2, -0.15) is 0 Å². The summed E-state index contributed by atoms with van der Waals surface area (Å²) in [6, 6.07) is 0. The van der Waals surface area contributed by atoms with Crippen LogP contribution in [0.3, 0.4) is 0 Å². The number of hydrogen-bond donors (Lipinski definition) is 1. The van der Waals surface area contributed by atoms with E-state index in [1.165, 1.54) is 0 Å². The van der Waals surface area contributed by atoms with Gasteiger partial charge in [0.1, 0.15) is 6.61 Å². The predicted octanol–water partition coefficient (Wildman–Crippen LogP) is -0.484. The Hall–Kier alpha value is -0.650. The summed E-state index contributed by atoms with van der Waals surface area (Å²) in [6.07, 6.45) is 2.24. The van der Waals surface area contributed by atoms with Crippen LogP contribution in [0.5, 0.6) is 0 Å². The molecule has 2 N–H and O–H groups in total. The van der Waals surface area contributed by atoms with Gasteiger partial charge in [0.15, 0.2) is 0 Å². The summed E-state index contributed by atoms with van der Waals surface area (Å²) in [6.45, 7) is 5.67. The zero-order valence-electron chi connectivity index (χ0n) is 10.2. The number of amides is 1. The third-order valence-corrected chi connectivity index (χ3v) is 2.92. The van der Waals surface area contributed by atoms with E-state index in [9.17, 15) is 4.79 Å². The van der Waals surface area contributed by atoms with Crippen LogP contribution in [0.2, 0.25) is 0 Å². The fourth-order valence-electron chi connectivity index (χ4n) is 1.92. The van der Waals surface area contributed by atoms with Crippen LogP contribution in [0.15, 0.2) is 0 Å². The summed E-state index contributed by atoms with van der Waals surface area (Å²) in [7, 11) is 1.56. The second-order valence-electron chi connectivity index (χ2n) is 4.15. The summed E-state index contributed by atoms with van der Waals surface area (Å²) in [5.41, 5.74) is 5.45. The van der Waals surface area contributed by atoms with Crippen molar-refractivity contribution in [3.05, 3.63) is 0 Å². The Bertz CT molecular complexity index is 203. The van der Waals surface area contributed by atoms with E-state index in [1.807, 2.05) is 4.90 Å². The van der Waals surface area contributed by atoms with Crippen LogP contribution >= 0.6 is 0 Å². The SMILES string of the molecule is COCC(=O)N1CCN(CCCCN)CC1. The molecule has 1 aliphatic heterocycles. The molecular formula is C11H23N3O2. The van der Waals surface area contributed by atoms with Gasteiger partial charge in [0.25, 0.3) is 0 Å². The lowest BCUT2D eigenvalue weighted by molar-refractivity contribution is -0.136. The van der Waals surface area contributed by atoms with Crippen molar-refractivity contribution < 1.29 is 9.53 Å². The molecule has 0 aromatic heterocycles. The maximum absolute atomic E-state index is 11.5. The zero-order valence-corrected chi connectivity index (χ0v) is 10.2. The lowest BCUT2D eigenvalue weighted by Crippen LogP contribution is -2.49. The van der Waals surface area contributed by atoms with Crippen LogP contribution in [0.1, 0.15) is 12.8 Å². The molecule has 16 heavy (non-hydrogen) atoms. The van der Waals surface area contributed by atoms with E-state index in [0.29, 0.717) is 0 Å². The van der Waals surface area contributed by atoms with Gasteiger partial charge >= 0.3 is 0 Å². The molecule has 1 fully saturated rings. The second-order valence-corrected chi connectivity index (χ2v) is 4.15. The number of methoxy groups -OCH3 is 1. The Balaban J connectivity index is 2.15. The summed E-state index contributed by atoms with van der Waals surface area (Å²) < 4.78 is 4.84. The third-order valence-electron chi connectivity index (χ3n) is 2.92. The first-order valence-corrected chi connectivity index (χ1v) is 5.97. The van der Waals surface area contributed by atoms with Crippen molar-refractivity contribution in [1.82, 2.24) is 9.80 Å². The Kier molecular flexibility index (Phi) is 6.37. The Morgan fingerprint density at radius 1 is 1.25 bits per heavy atom. The molecule has 1 amide bonds. The number of unbranched alkanes of at least 4 members (excludes halogenated alkanes) is 1. The zero-order chi connectivity index (χ0) is 11.8. The second kappa shape index (κ2) is 7.60. The predicted molar refractivity (Wildman–Crippen MR) is 63.2 cm³/mol. The molecule has 1 heterocycles. The van der Waals surface area contributed by atoms with E-state index in [4.69, 9.17) is 10.5 Å². The molecule has 1 rings (SSSR count). The minimum Gasteiger partial charge on any atom is -0.375 e. The molecular weight excluding hydrogens is 206 g/mol. The molecule has 94 valence electrons. The molecule has 0 spiro atoms. The normalized spacial score (nSPS) is 17.8. The molecule has 0 atom stereocenters. The van der Waals surface area contributed by atoms with Crippen molar-refractivity contribution in [2.24, 2.45) is 5.73 Å². The van der Waals surface area contributed by atoms with Crippen LogP contribution in [0, 0.1) is 0 Å². The highest BCUT2D eigenvalue weighted by atomic mass is 16.5. The minimum atomic E-state index is 0.101. The summed E-state index contributed by atoms with van der Waals surface area (Å²) in [5, 5.41) is 0. The molecule has 5 heteroatoms. The number of carbonyl (C=O) groups is 1. The number of nitrogens with two attached hydrogens (primary N) is 1. The van der Waals surface area contributed by atoms with Gasteiger partial charge in [0, 0.05) is 33.3 Å². The topological polar surface area (TPSA) is 58.8 Å². The average Bonchev–Trinajstić information content (AvgIpc) is 2.30. The first kappa shape index (κ1) is 13.4. The number of rotatable bonds is 6. The molecule has 0 bridgehead atoms. The fraction of sp³-hybridized carbons (Fsp3) is 0.909. The van der Waals surface area contributed by atoms with Gasteiger partial charge in [-0.25, -0.2) is 0 Å². The van der Waals surface area contributed by atoms with E-state index in [2.05, 4.69) is 4.90 Å². The lowest BCUT2D eigenvalue weighted by atomic mass is 10.2. The van der Waals surface area contributed by atoms with E-state index < -0.39 is 0 Å². The van der Waals surface area contributed by atoms with Gasteiger partial charge in [-0.3, -0.25) is 9.69 Å². The number of carbonyl (C=O) groups excluding carboxylic acids is 1. The van der Waals surface area contributed by atoms with E-state index in [0.717, 1.165) is 52.1 Å². The van der Waals surface area contributed by atoms with Crippen LogP contribution in [0.4, 0.5) is 0 Å². The maximum Gasteiger partial charge on any atom is 0.248 e. The van der Waals surface area contributed by atoms with Gasteiger partial charge < -0.3 is 15.4 Å². The lowest BCUT2D eigenvalue weighted by Gasteiger charge is -2.34. The molecule has 5 nitrogen and oxygen atoms in total. The number of piperazine rings is 1. The first-order chi connectivity index (χ1) is 7.77. The van der Waals surface area contributed by atoms with Crippen molar-refractivity contribution in [2.75, 3.05) is 53.0 Å². The average molecular weight is 229 g/mol. The number of hydrogen-bond acceptors (Lipinski definition) is 4. The molecule has 0 saturated carbocycles. The van der Waals surface area contributed by atoms with Crippen LogP contribution in [-0.2, 0) is 9.53 Å². The fourth-order valence-corrected chi connectivity index (χ4v) is 1.92. The highest BCUT2D eigenvalue weighted by Gasteiger charge is 2.19. The van der Waals surface area contributed by atoms with Crippen molar-refractivity contribution in [1.29, 1.82) is 0 Å². The Labute approximate surface area is 97.5 Å². The minimum absolute atomic E-state index is 0.101.